The molecule has 0 aliphatic rings. The van der Waals surface area contributed by atoms with Gasteiger partial charge in [-0.15, -0.1) is 4.68 Å². The van der Waals surface area contributed by atoms with Crippen LogP contribution in [0.4, 0.5) is 0 Å². The Hall–Kier alpha value is -1.13. The summed E-state index contributed by atoms with van der Waals surface area (Å²) in [5.74, 6) is 0. The maximum Gasteiger partial charge on any atom is 0.266 e. The Morgan fingerprint density at radius 3 is 2.47 bits per heavy atom. The number of rotatable bonds is 7. The first-order valence-corrected chi connectivity index (χ1v) is 5.72. The van der Waals surface area contributed by atoms with Crippen LogP contribution in [-0.2, 0) is 13.6 Å². The van der Waals surface area contributed by atoms with Crippen LogP contribution in [0.2, 0.25) is 0 Å². The number of aromatic nitrogens is 4. The lowest BCUT2D eigenvalue weighted by Crippen LogP contribution is -2.39. The average Bonchev–Trinajstić information content (AvgIpc) is 2.51. The Bertz CT molecular complexity index is 285. The van der Waals surface area contributed by atoms with Crippen molar-refractivity contribution in [2.45, 2.75) is 52.0 Å². The Morgan fingerprint density at radius 2 is 1.87 bits per heavy atom. The minimum absolute atomic E-state index is 0.244. The monoisotopic (exact) mass is 212 g/mol. The van der Waals surface area contributed by atoms with Crippen molar-refractivity contribution >= 4 is 0 Å². The zero-order valence-corrected chi connectivity index (χ0v) is 9.65. The highest BCUT2D eigenvalue weighted by atomic mass is 16.3. The largest absolute Gasteiger partial charge is 0.816 e. The molecule has 0 amide bonds. The molecule has 0 radical (unpaired) electrons. The van der Waals surface area contributed by atoms with Gasteiger partial charge in [0, 0.05) is 0 Å². The van der Waals surface area contributed by atoms with Crippen LogP contribution in [0.15, 0.2) is 0 Å². The van der Waals surface area contributed by atoms with E-state index in [-0.39, 0.29) is 6.01 Å². The fourth-order valence-corrected chi connectivity index (χ4v) is 1.57. The van der Waals surface area contributed by atoms with Crippen molar-refractivity contribution < 1.29 is 9.79 Å². The van der Waals surface area contributed by atoms with Gasteiger partial charge in [-0.1, -0.05) is 39.0 Å². The van der Waals surface area contributed by atoms with Gasteiger partial charge in [-0.3, -0.25) is 0 Å². The molecule has 0 aliphatic carbocycles. The molecule has 0 aromatic carbocycles. The maximum absolute atomic E-state index is 11.2. The van der Waals surface area contributed by atoms with Crippen molar-refractivity contribution in [2.75, 3.05) is 0 Å². The van der Waals surface area contributed by atoms with Crippen LogP contribution in [0.3, 0.4) is 0 Å². The molecule has 0 saturated carbocycles. The van der Waals surface area contributed by atoms with Crippen LogP contribution < -0.4 is 9.79 Å². The van der Waals surface area contributed by atoms with Gasteiger partial charge in [0.15, 0.2) is 0 Å². The molecule has 1 rings (SSSR count). The Balaban J connectivity index is 2.12. The topological polar surface area (TPSA) is 57.7 Å². The lowest BCUT2D eigenvalue weighted by Gasteiger charge is -2.00. The SMILES string of the molecule is CCCCCCCC[n+]1nn(C)nc1[O-]. The fourth-order valence-electron chi connectivity index (χ4n) is 1.57. The number of nitrogens with zero attached hydrogens (tertiary/aromatic N) is 4. The van der Waals surface area contributed by atoms with Crippen molar-refractivity contribution in [3.8, 4) is 6.01 Å². The Labute approximate surface area is 90.7 Å². The average molecular weight is 212 g/mol. The number of aryl methyl sites for hydroxylation is 2. The lowest BCUT2D eigenvalue weighted by molar-refractivity contribution is -0.787. The first-order valence-electron chi connectivity index (χ1n) is 5.72. The van der Waals surface area contributed by atoms with E-state index in [1.165, 1.54) is 41.6 Å². The van der Waals surface area contributed by atoms with E-state index in [2.05, 4.69) is 17.2 Å². The zero-order valence-electron chi connectivity index (χ0n) is 9.65. The van der Waals surface area contributed by atoms with Gasteiger partial charge < -0.3 is 5.11 Å². The molecule has 1 aromatic rings. The van der Waals surface area contributed by atoms with E-state index in [1.54, 1.807) is 7.05 Å². The maximum atomic E-state index is 11.2. The molecule has 0 N–H and O–H groups in total. The van der Waals surface area contributed by atoms with Gasteiger partial charge in [0.25, 0.3) is 6.01 Å². The Morgan fingerprint density at radius 1 is 1.20 bits per heavy atom. The number of unbranched alkanes of at least 4 members (excludes halogenated alkanes) is 5. The van der Waals surface area contributed by atoms with Crippen LogP contribution in [-0.4, -0.2) is 15.1 Å². The van der Waals surface area contributed by atoms with Crippen LogP contribution in [0.1, 0.15) is 45.4 Å². The van der Waals surface area contributed by atoms with E-state index in [9.17, 15) is 5.11 Å². The molecule has 5 nitrogen and oxygen atoms in total. The number of hydrogen-bond donors (Lipinski definition) is 0. The summed E-state index contributed by atoms with van der Waals surface area (Å²) >= 11 is 0. The first kappa shape index (κ1) is 11.9. The predicted molar refractivity (Wildman–Crippen MR) is 54.0 cm³/mol. The third kappa shape index (κ3) is 4.27. The minimum Gasteiger partial charge on any atom is -0.816 e. The second-order valence-electron chi connectivity index (χ2n) is 3.85. The first-order chi connectivity index (χ1) is 7.24. The van der Waals surface area contributed by atoms with Crippen molar-refractivity contribution in [2.24, 2.45) is 7.05 Å². The molecule has 0 fully saturated rings. The zero-order chi connectivity index (χ0) is 11.1. The molecule has 0 atom stereocenters. The molecule has 1 aromatic heterocycles. The summed E-state index contributed by atoms with van der Waals surface area (Å²) in [7, 11) is 1.67. The molecule has 0 aliphatic heterocycles. The molecule has 15 heavy (non-hydrogen) atoms. The van der Waals surface area contributed by atoms with Crippen molar-refractivity contribution in [3.05, 3.63) is 0 Å². The van der Waals surface area contributed by atoms with Crippen molar-refractivity contribution in [3.63, 3.8) is 0 Å². The predicted octanol–water partition coefficient (Wildman–Crippen LogP) is 0.537. The van der Waals surface area contributed by atoms with Crippen LogP contribution in [0.5, 0.6) is 6.01 Å². The molecule has 0 unspecified atom stereocenters. The molecule has 0 bridgehead atoms. The lowest BCUT2D eigenvalue weighted by atomic mass is 10.1. The summed E-state index contributed by atoms with van der Waals surface area (Å²) in [6.45, 7) is 2.90. The van der Waals surface area contributed by atoms with Crippen LogP contribution in [0.25, 0.3) is 0 Å². The molecule has 0 spiro atoms. The summed E-state index contributed by atoms with van der Waals surface area (Å²) in [5.41, 5.74) is 0. The highest BCUT2D eigenvalue weighted by Crippen LogP contribution is 2.04. The third-order valence-electron chi connectivity index (χ3n) is 2.41. The van der Waals surface area contributed by atoms with Gasteiger partial charge in [-0.2, -0.15) is 0 Å². The van der Waals surface area contributed by atoms with E-state index in [1.807, 2.05) is 0 Å². The van der Waals surface area contributed by atoms with E-state index in [0.717, 1.165) is 6.42 Å². The van der Waals surface area contributed by atoms with Gasteiger partial charge in [-0.25, -0.2) is 0 Å². The number of tetrazole rings is 1. The minimum atomic E-state index is -0.244. The van der Waals surface area contributed by atoms with Gasteiger partial charge in [0.1, 0.15) is 7.05 Å². The summed E-state index contributed by atoms with van der Waals surface area (Å²) < 4.78 is 1.43. The summed E-state index contributed by atoms with van der Waals surface area (Å²) in [6, 6.07) is -0.244. The van der Waals surface area contributed by atoms with Crippen LogP contribution >= 0.6 is 0 Å². The highest BCUT2D eigenvalue weighted by molar-refractivity contribution is 4.62. The Kier molecular flexibility index (Phi) is 5.07. The van der Waals surface area contributed by atoms with Crippen molar-refractivity contribution in [1.29, 1.82) is 0 Å². The summed E-state index contributed by atoms with van der Waals surface area (Å²) in [5, 5.41) is 18.8. The summed E-state index contributed by atoms with van der Waals surface area (Å²) in [6.07, 6.45) is 7.31. The van der Waals surface area contributed by atoms with Crippen molar-refractivity contribution in [1.82, 2.24) is 15.1 Å². The molecular weight excluding hydrogens is 192 g/mol. The fraction of sp³-hybridized carbons (Fsp3) is 0.900. The van der Waals surface area contributed by atoms with Gasteiger partial charge >= 0.3 is 0 Å². The van der Waals surface area contributed by atoms with Gasteiger partial charge in [0.05, 0.1) is 16.9 Å². The molecule has 0 saturated heterocycles. The highest BCUT2D eigenvalue weighted by Gasteiger charge is 2.06. The van der Waals surface area contributed by atoms with E-state index >= 15 is 0 Å². The quantitative estimate of drug-likeness (QED) is 0.489. The number of hydrogen-bond acceptors (Lipinski definition) is 3. The second-order valence-corrected chi connectivity index (χ2v) is 3.85. The molecular formula is C10H20N4O. The molecule has 1 heterocycles. The summed E-state index contributed by atoms with van der Waals surface area (Å²) in [4.78, 5) is 1.32. The normalized spacial score (nSPS) is 10.8. The van der Waals surface area contributed by atoms with Crippen LogP contribution in [0, 0.1) is 0 Å². The molecule has 5 heteroatoms. The van der Waals surface area contributed by atoms with Gasteiger partial charge in [0.2, 0.25) is 0 Å². The third-order valence-corrected chi connectivity index (χ3v) is 2.41. The molecule has 86 valence electrons. The van der Waals surface area contributed by atoms with E-state index in [0.29, 0.717) is 6.54 Å². The smallest absolute Gasteiger partial charge is 0.266 e. The second kappa shape index (κ2) is 6.37. The standard InChI is InChI=1S/C10H20N4O/c1-3-4-5-6-7-8-9-14-10(15)11-13(2)12-14/h3-9H2,1-2H3. The van der Waals surface area contributed by atoms with E-state index in [4.69, 9.17) is 0 Å². The van der Waals surface area contributed by atoms with E-state index < -0.39 is 0 Å². The van der Waals surface area contributed by atoms with Gasteiger partial charge in [-0.05, 0) is 11.2 Å².